The second-order valence-electron chi connectivity index (χ2n) is 8.41. The van der Waals surface area contributed by atoms with E-state index >= 15 is 0 Å². The number of amides is 3. The normalized spacial score (nSPS) is 16.8. The average Bonchev–Trinajstić information content (AvgIpc) is 3.15. The van der Waals surface area contributed by atoms with Crippen molar-refractivity contribution in [2.45, 2.75) is 13.3 Å². The number of anilines is 2. The second kappa shape index (κ2) is 12.0. The maximum atomic E-state index is 12.9. The summed E-state index contributed by atoms with van der Waals surface area (Å²) in [5, 5.41) is 12.6. The lowest BCUT2D eigenvalue weighted by Crippen LogP contribution is -2.36. The highest BCUT2D eigenvalue weighted by molar-refractivity contribution is 8.18. The van der Waals surface area contributed by atoms with Crippen molar-refractivity contribution in [1.29, 1.82) is 0 Å². The topological polar surface area (TPSA) is 108 Å². The Morgan fingerprint density at radius 2 is 1.95 bits per heavy atom. The van der Waals surface area contributed by atoms with Crippen LogP contribution in [0, 0.1) is 0 Å². The number of thioether (sulfide) groups is 1. The number of hydrogen-bond acceptors (Lipinski definition) is 8. The van der Waals surface area contributed by atoms with E-state index in [1.807, 2.05) is 12.1 Å². The van der Waals surface area contributed by atoms with Gasteiger partial charge in [0.1, 0.15) is 6.54 Å². The lowest BCUT2D eigenvalue weighted by molar-refractivity contribution is -0.127. The lowest BCUT2D eigenvalue weighted by atomic mass is 10.1. The van der Waals surface area contributed by atoms with Gasteiger partial charge in [-0.25, -0.2) is 0 Å². The molecule has 2 saturated heterocycles. The average molecular weight is 524 g/mol. The molecule has 0 atom stereocenters. The van der Waals surface area contributed by atoms with Gasteiger partial charge in [-0.15, -0.1) is 6.58 Å². The van der Waals surface area contributed by atoms with Crippen molar-refractivity contribution in [2.75, 3.05) is 49.7 Å². The molecular weight excluding hydrogens is 494 g/mol. The van der Waals surface area contributed by atoms with E-state index in [0.29, 0.717) is 43.1 Å². The standard InChI is InChI=1S/C27H29N3O6S/c1-3-5-19-14-18(15-22(25(19)32)36-4-2)16-23-26(33)30(27(34)37-23)17-24(31)28-20-6-8-21(9-7-20)29-10-12-35-13-11-29/h3,6-9,14-16,32H,1,4-5,10-13,17H2,2H3,(H,28,31)/b23-16+. The van der Waals surface area contributed by atoms with Gasteiger partial charge in [0.05, 0.1) is 24.7 Å². The molecule has 4 rings (SSSR count). The zero-order valence-electron chi connectivity index (χ0n) is 20.6. The van der Waals surface area contributed by atoms with Gasteiger partial charge in [0.15, 0.2) is 11.5 Å². The van der Waals surface area contributed by atoms with Gasteiger partial charge in [0.2, 0.25) is 5.91 Å². The van der Waals surface area contributed by atoms with Crippen LogP contribution < -0.4 is 15.0 Å². The third-order valence-electron chi connectivity index (χ3n) is 5.84. The number of hydrogen-bond donors (Lipinski definition) is 2. The summed E-state index contributed by atoms with van der Waals surface area (Å²) in [6.07, 6.45) is 3.61. The number of phenolic OH excluding ortho intramolecular Hbond substituents is 1. The number of ether oxygens (including phenoxy) is 2. The highest BCUT2D eigenvalue weighted by Gasteiger charge is 2.36. The van der Waals surface area contributed by atoms with E-state index in [2.05, 4.69) is 16.8 Å². The summed E-state index contributed by atoms with van der Waals surface area (Å²) in [7, 11) is 0. The van der Waals surface area contributed by atoms with Crippen molar-refractivity contribution < 1.29 is 29.0 Å². The molecule has 0 radical (unpaired) electrons. The summed E-state index contributed by atoms with van der Waals surface area (Å²) in [5.41, 5.74) is 2.79. The van der Waals surface area contributed by atoms with E-state index < -0.39 is 23.6 Å². The van der Waals surface area contributed by atoms with E-state index in [4.69, 9.17) is 9.47 Å². The minimum Gasteiger partial charge on any atom is -0.504 e. The molecule has 0 aromatic heterocycles. The first-order valence-corrected chi connectivity index (χ1v) is 12.8. The number of benzene rings is 2. The van der Waals surface area contributed by atoms with Crippen molar-refractivity contribution in [3.8, 4) is 11.5 Å². The van der Waals surface area contributed by atoms with Gasteiger partial charge < -0.3 is 24.8 Å². The van der Waals surface area contributed by atoms with E-state index in [9.17, 15) is 19.5 Å². The smallest absolute Gasteiger partial charge is 0.294 e. The Hall–Kier alpha value is -3.76. The molecule has 0 spiro atoms. The number of allylic oxidation sites excluding steroid dienone is 1. The first kappa shape index (κ1) is 26.3. The molecule has 2 aliphatic rings. The SMILES string of the molecule is C=CCc1cc(/C=C2/SC(=O)N(CC(=O)Nc3ccc(N4CCOCC4)cc3)C2=O)cc(OCC)c1O. The van der Waals surface area contributed by atoms with Crippen LogP contribution in [0.2, 0.25) is 0 Å². The predicted octanol–water partition coefficient (Wildman–Crippen LogP) is 4.03. The fourth-order valence-electron chi connectivity index (χ4n) is 4.06. The molecular formula is C27H29N3O6S. The first-order chi connectivity index (χ1) is 17.9. The molecule has 0 saturated carbocycles. The number of aromatic hydroxyl groups is 1. The molecule has 2 aromatic carbocycles. The van der Waals surface area contributed by atoms with Crippen LogP contribution in [0.1, 0.15) is 18.1 Å². The van der Waals surface area contributed by atoms with Crippen LogP contribution in [-0.4, -0.2) is 66.5 Å². The lowest BCUT2D eigenvalue weighted by Gasteiger charge is -2.28. The summed E-state index contributed by atoms with van der Waals surface area (Å²) < 4.78 is 10.9. The molecule has 2 N–H and O–H groups in total. The van der Waals surface area contributed by atoms with Crippen molar-refractivity contribution >= 4 is 46.3 Å². The summed E-state index contributed by atoms with van der Waals surface area (Å²) in [5.74, 6) is -0.726. The predicted molar refractivity (Wildman–Crippen MR) is 144 cm³/mol. The number of carbonyl (C=O) groups excluding carboxylic acids is 3. The van der Waals surface area contributed by atoms with Gasteiger partial charge in [-0.2, -0.15) is 0 Å². The minimum absolute atomic E-state index is 0.0154. The summed E-state index contributed by atoms with van der Waals surface area (Å²) in [6, 6.07) is 10.7. The molecule has 9 nitrogen and oxygen atoms in total. The highest BCUT2D eigenvalue weighted by atomic mass is 32.2. The minimum atomic E-state index is -0.552. The summed E-state index contributed by atoms with van der Waals surface area (Å²) in [6.45, 7) is 8.44. The maximum Gasteiger partial charge on any atom is 0.294 e. The number of nitrogens with one attached hydrogen (secondary N) is 1. The largest absolute Gasteiger partial charge is 0.504 e. The van der Waals surface area contributed by atoms with Crippen molar-refractivity contribution in [3.05, 3.63) is 65.1 Å². The highest BCUT2D eigenvalue weighted by Crippen LogP contribution is 2.36. The van der Waals surface area contributed by atoms with Gasteiger partial charge in [0, 0.05) is 30.0 Å². The molecule has 194 valence electrons. The van der Waals surface area contributed by atoms with Gasteiger partial charge >= 0.3 is 0 Å². The van der Waals surface area contributed by atoms with E-state index in [0.717, 1.165) is 35.4 Å². The van der Waals surface area contributed by atoms with E-state index in [1.165, 1.54) is 0 Å². The van der Waals surface area contributed by atoms with Gasteiger partial charge in [-0.1, -0.05) is 6.08 Å². The fraction of sp³-hybridized carbons (Fsp3) is 0.296. The van der Waals surface area contributed by atoms with E-state index in [1.54, 1.807) is 43.3 Å². The molecule has 0 unspecified atom stereocenters. The Kier molecular flexibility index (Phi) is 8.52. The van der Waals surface area contributed by atoms with Crippen LogP contribution in [-0.2, 0) is 20.7 Å². The Labute approximate surface area is 219 Å². The third-order valence-corrected chi connectivity index (χ3v) is 6.75. The Bertz CT molecular complexity index is 1220. The monoisotopic (exact) mass is 523 g/mol. The summed E-state index contributed by atoms with van der Waals surface area (Å²) in [4.78, 5) is 41.4. The summed E-state index contributed by atoms with van der Waals surface area (Å²) >= 11 is 0.765. The second-order valence-corrected chi connectivity index (χ2v) is 9.41. The molecule has 2 heterocycles. The molecule has 10 heteroatoms. The Morgan fingerprint density at radius 3 is 2.62 bits per heavy atom. The quantitative estimate of drug-likeness (QED) is 0.375. The first-order valence-electron chi connectivity index (χ1n) is 12.0. The third kappa shape index (κ3) is 6.33. The van der Waals surface area contributed by atoms with Crippen LogP contribution in [0.3, 0.4) is 0 Å². The number of morpholine rings is 1. The van der Waals surface area contributed by atoms with Gasteiger partial charge in [-0.05, 0) is 73.1 Å². The molecule has 0 bridgehead atoms. The van der Waals surface area contributed by atoms with Crippen LogP contribution in [0.15, 0.2) is 54.0 Å². The van der Waals surface area contributed by atoms with Crippen LogP contribution in [0.25, 0.3) is 6.08 Å². The number of imide groups is 1. The zero-order chi connectivity index (χ0) is 26.4. The van der Waals surface area contributed by atoms with Gasteiger partial charge in [-0.3, -0.25) is 19.3 Å². The van der Waals surface area contributed by atoms with Crippen LogP contribution in [0.4, 0.5) is 16.2 Å². The zero-order valence-corrected chi connectivity index (χ0v) is 21.4. The number of rotatable bonds is 9. The Balaban J connectivity index is 1.42. The Morgan fingerprint density at radius 1 is 1.22 bits per heavy atom. The van der Waals surface area contributed by atoms with Crippen molar-refractivity contribution in [2.24, 2.45) is 0 Å². The number of carbonyl (C=O) groups is 3. The molecule has 2 fully saturated rings. The molecule has 0 aliphatic carbocycles. The molecule has 2 aromatic rings. The van der Waals surface area contributed by atoms with E-state index in [-0.39, 0.29) is 16.4 Å². The van der Waals surface area contributed by atoms with Crippen molar-refractivity contribution in [1.82, 2.24) is 4.90 Å². The fourth-order valence-corrected chi connectivity index (χ4v) is 4.90. The van der Waals surface area contributed by atoms with Gasteiger partial charge in [0.25, 0.3) is 11.1 Å². The molecule has 37 heavy (non-hydrogen) atoms. The maximum absolute atomic E-state index is 12.9. The molecule has 2 aliphatic heterocycles. The van der Waals surface area contributed by atoms with Crippen molar-refractivity contribution in [3.63, 3.8) is 0 Å². The van der Waals surface area contributed by atoms with Crippen LogP contribution >= 0.6 is 11.8 Å². The molecule has 3 amide bonds. The van der Waals surface area contributed by atoms with Crippen LogP contribution in [0.5, 0.6) is 11.5 Å². The number of nitrogens with zero attached hydrogens (tertiary/aromatic N) is 2. The number of phenols is 1.